The summed E-state index contributed by atoms with van der Waals surface area (Å²) in [6.07, 6.45) is 1.06. The van der Waals surface area contributed by atoms with E-state index >= 15 is 0 Å². The van der Waals surface area contributed by atoms with Gasteiger partial charge in [-0.15, -0.1) is 24.0 Å². The van der Waals surface area contributed by atoms with Crippen LogP contribution in [-0.4, -0.2) is 26.1 Å². The SMILES string of the molecule is CN=C(NCC(C)C)NCC(C)(C)Cc1ccccc1.I. The lowest BCUT2D eigenvalue weighted by Crippen LogP contribution is -2.43. The first-order valence-corrected chi connectivity index (χ1v) is 7.41. The summed E-state index contributed by atoms with van der Waals surface area (Å²) in [5.41, 5.74) is 1.57. The molecule has 0 aliphatic rings. The molecule has 0 saturated carbocycles. The van der Waals surface area contributed by atoms with Gasteiger partial charge in [0.25, 0.3) is 0 Å². The summed E-state index contributed by atoms with van der Waals surface area (Å²) in [5, 5.41) is 6.77. The van der Waals surface area contributed by atoms with E-state index in [9.17, 15) is 0 Å². The molecule has 0 aliphatic carbocycles. The molecule has 0 atom stereocenters. The van der Waals surface area contributed by atoms with E-state index in [0.29, 0.717) is 5.92 Å². The highest BCUT2D eigenvalue weighted by Gasteiger charge is 2.18. The van der Waals surface area contributed by atoms with E-state index in [1.54, 1.807) is 0 Å². The molecule has 1 aromatic carbocycles. The van der Waals surface area contributed by atoms with Crippen LogP contribution in [0.1, 0.15) is 33.3 Å². The monoisotopic (exact) mass is 403 g/mol. The van der Waals surface area contributed by atoms with Gasteiger partial charge in [-0.25, -0.2) is 0 Å². The second kappa shape index (κ2) is 10.0. The van der Waals surface area contributed by atoms with Crippen molar-refractivity contribution in [2.45, 2.75) is 34.1 Å². The minimum Gasteiger partial charge on any atom is -0.356 e. The zero-order valence-electron chi connectivity index (χ0n) is 13.9. The van der Waals surface area contributed by atoms with Crippen molar-refractivity contribution in [3.8, 4) is 0 Å². The number of guanidine groups is 1. The van der Waals surface area contributed by atoms with Gasteiger partial charge in [0, 0.05) is 20.1 Å². The average Bonchev–Trinajstić information content (AvgIpc) is 2.39. The highest BCUT2D eigenvalue weighted by molar-refractivity contribution is 14.0. The van der Waals surface area contributed by atoms with Crippen molar-refractivity contribution < 1.29 is 0 Å². The Morgan fingerprint density at radius 1 is 1.14 bits per heavy atom. The summed E-state index contributed by atoms with van der Waals surface area (Å²) in [4.78, 5) is 4.26. The van der Waals surface area contributed by atoms with E-state index in [4.69, 9.17) is 0 Å². The molecule has 0 spiro atoms. The molecule has 1 aromatic rings. The summed E-state index contributed by atoms with van der Waals surface area (Å²) in [5.74, 6) is 1.51. The number of hydrogen-bond acceptors (Lipinski definition) is 1. The Balaban J connectivity index is 0.00000400. The van der Waals surface area contributed by atoms with Crippen molar-refractivity contribution in [3.63, 3.8) is 0 Å². The van der Waals surface area contributed by atoms with Gasteiger partial charge in [0.05, 0.1) is 0 Å². The van der Waals surface area contributed by atoms with E-state index in [0.717, 1.165) is 25.5 Å². The molecular formula is C17H30IN3. The molecule has 120 valence electrons. The standard InChI is InChI=1S/C17H29N3.HI/c1-14(2)12-19-16(18-5)20-13-17(3,4)11-15-9-7-6-8-10-15;/h6-10,14H,11-13H2,1-5H3,(H2,18,19,20);1H. The summed E-state index contributed by atoms with van der Waals surface area (Å²) < 4.78 is 0. The second-order valence-electron chi connectivity index (χ2n) is 6.53. The summed E-state index contributed by atoms with van der Waals surface area (Å²) in [6.45, 7) is 10.8. The molecule has 0 unspecified atom stereocenters. The van der Waals surface area contributed by atoms with Crippen molar-refractivity contribution in [3.05, 3.63) is 35.9 Å². The van der Waals surface area contributed by atoms with E-state index in [1.807, 2.05) is 7.05 Å². The topological polar surface area (TPSA) is 36.4 Å². The van der Waals surface area contributed by atoms with E-state index < -0.39 is 0 Å². The van der Waals surface area contributed by atoms with Gasteiger partial charge >= 0.3 is 0 Å². The van der Waals surface area contributed by atoms with Gasteiger partial charge in [0.2, 0.25) is 0 Å². The van der Waals surface area contributed by atoms with Gasteiger partial charge < -0.3 is 10.6 Å². The Bertz CT molecular complexity index is 413. The van der Waals surface area contributed by atoms with Gasteiger partial charge in [-0.1, -0.05) is 58.0 Å². The molecular weight excluding hydrogens is 373 g/mol. The zero-order valence-corrected chi connectivity index (χ0v) is 16.3. The Morgan fingerprint density at radius 3 is 2.29 bits per heavy atom. The molecule has 3 nitrogen and oxygen atoms in total. The molecule has 4 heteroatoms. The van der Waals surface area contributed by atoms with Crippen LogP contribution in [0.5, 0.6) is 0 Å². The maximum atomic E-state index is 4.26. The third-order valence-electron chi connectivity index (χ3n) is 3.16. The first-order valence-electron chi connectivity index (χ1n) is 7.41. The third kappa shape index (κ3) is 8.96. The Labute approximate surface area is 147 Å². The highest BCUT2D eigenvalue weighted by atomic mass is 127. The van der Waals surface area contributed by atoms with Gasteiger partial charge in [0.15, 0.2) is 5.96 Å². The van der Waals surface area contributed by atoms with Crippen LogP contribution in [0, 0.1) is 11.3 Å². The predicted octanol–water partition coefficient (Wildman–Crippen LogP) is 3.69. The van der Waals surface area contributed by atoms with Gasteiger partial charge in [-0.05, 0) is 23.3 Å². The minimum atomic E-state index is 0. The molecule has 0 fully saturated rings. The highest BCUT2D eigenvalue weighted by Crippen LogP contribution is 2.20. The fourth-order valence-electron chi connectivity index (χ4n) is 2.06. The van der Waals surface area contributed by atoms with E-state index in [2.05, 4.69) is 73.7 Å². The quantitative estimate of drug-likeness (QED) is 0.432. The molecule has 0 aliphatic heterocycles. The van der Waals surface area contributed by atoms with Crippen LogP contribution in [-0.2, 0) is 6.42 Å². The maximum Gasteiger partial charge on any atom is 0.191 e. The number of nitrogens with one attached hydrogen (secondary N) is 2. The Hall–Kier alpha value is -0.780. The van der Waals surface area contributed by atoms with Gasteiger partial charge in [-0.3, -0.25) is 4.99 Å². The fraction of sp³-hybridized carbons (Fsp3) is 0.588. The maximum absolute atomic E-state index is 4.26. The Kier molecular flexibility index (Phi) is 9.66. The molecule has 0 saturated heterocycles. The lowest BCUT2D eigenvalue weighted by molar-refractivity contribution is 0.359. The first kappa shape index (κ1) is 20.2. The van der Waals surface area contributed by atoms with Gasteiger partial charge in [-0.2, -0.15) is 0 Å². The average molecular weight is 403 g/mol. The smallest absolute Gasteiger partial charge is 0.191 e. The first-order chi connectivity index (χ1) is 9.43. The van der Waals surface area contributed by atoms with Crippen LogP contribution >= 0.6 is 24.0 Å². The number of aliphatic imine (C=N–C) groups is 1. The zero-order chi connectivity index (χ0) is 15.0. The van der Waals surface area contributed by atoms with Gasteiger partial charge in [0.1, 0.15) is 0 Å². The number of halogens is 1. The van der Waals surface area contributed by atoms with Crippen molar-refractivity contribution in [2.24, 2.45) is 16.3 Å². The van der Waals surface area contributed by atoms with Crippen LogP contribution in [0.4, 0.5) is 0 Å². The molecule has 2 N–H and O–H groups in total. The lowest BCUT2D eigenvalue weighted by atomic mass is 9.86. The van der Waals surface area contributed by atoms with Crippen LogP contribution in [0.15, 0.2) is 35.3 Å². The molecule has 21 heavy (non-hydrogen) atoms. The summed E-state index contributed by atoms with van der Waals surface area (Å²) in [7, 11) is 1.82. The molecule has 0 amide bonds. The van der Waals surface area contributed by atoms with Crippen LogP contribution < -0.4 is 10.6 Å². The molecule has 1 rings (SSSR count). The van der Waals surface area contributed by atoms with E-state index in [1.165, 1.54) is 5.56 Å². The van der Waals surface area contributed by atoms with Crippen molar-refractivity contribution in [1.29, 1.82) is 0 Å². The van der Waals surface area contributed by atoms with Crippen molar-refractivity contribution >= 4 is 29.9 Å². The largest absolute Gasteiger partial charge is 0.356 e. The van der Waals surface area contributed by atoms with Crippen molar-refractivity contribution in [2.75, 3.05) is 20.1 Å². The summed E-state index contributed by atoms with van der Waals surface area (Å²) >= 11 is 0. The van der Waals surface area contributed by atoms with Crippen LogP contribution in [0.25, 0.3) is 0 Å². The van der Waals surface area contributed by atoms with Crippen LogP contribution in [0.2, 0.25) is 0 Å². The number of rotatable bonds is 6. The normalized spacial score (nSPS) is 12.0. The third-order valence-corrected chi connectivity index (χ3v) is 3.16. The van der Waals surface area contributed by atoms with Crippen LogP contribution in [0.3, 0.4) is 0 Å². The molecule has 0 radical (unpaired) electrons. The number of benzene rings is 1. The second-order valence-corrected chi connectivity index (χ2v) is 6.53. The van der Waals surface area contributed by atoms with E-state index in [-0.39, 0.29) is 29.4 Å². The minimum absolute atomic E-state index is 0. The summed E-state index contributed by atoms with van der Waals surface area (Å²) in [6, 6.07) is 10.6. The molecule has 0 heterocycles. The number of nitrogens with zero attached hydrogens (tertiary/aromatic N) is 1. The Morgan fingerprint density at radius 2 is 1.76 bits per heavy atom. The fourth-order valence-corrected chi connectivity index (χ4v) is 2.06. The predicted molar refractivity (Wildman–Crippen MR) is 104 cm³/mol. The lowest BCUT2D eigenvalue weighted by Gasteiger charge is -2.26. The molecule has 0 bridgehead atoms. The number of hydrogen-bond donors (Lipinski definition) is 2. The molecule has 0 aromatic heterocycles. The van der Waals surface area contributed by atoms with Crippen molar-refractivity contribution in [1.82, 2.24) is 10.6 Å².